The van der Waals surface area contributed by atoms with Gasteiger partial charge in [0, 0.05) is 17.2 Å². The zero-order chi connectivity index (χ0) is 14.7. The summed E-state index contributed by atoms with van der Waals surface area (Å²) in [6, 6.07) is 5.44. The third-order valence-corrected chi connectivity index (χ3v) is 3.29. The fourth-order valence-electron chi connectivity index (χ4n) is 2.22. The Morgan fingerprint density at radius 2 is 1.95 bits per heavy atom. The summed E-state index contributed by atoms with van der Waals surface area (Å²) in [4.78, 5) is 24.1. The van der Waals surface area contributed by atoms with Gasteiger partial charge in [-0.2, -0.15) is 0 Å². The lowest BCUT2D eigenvalue weighted by Crippen LogP contribution is -2.18. The highest BCUT2D eigenvalue weighted by Crippen LogP contribution is 2.23. The van der Waals surface area contributed by atoms with E-state index in [4.69, 9.17) is 4.74 Å². The highest BCUT2D eigenvalue weighted by molar-refractivity contribution is 6.23. The summed E-state index contributed by atoms with van der Waals surface area (Å²) >= 11 is 0. The van der Waals surface area contributed by atoms with Crippen LogP contribution in [0.1, 0.15) is 46.5 Å². The first-order valence-electron chi connectivity index (χ1n) is 6.64. The molecule has 3 heteroatoms. The van der Waals surface area contributed by atoms with Crippen LogP contribution in [0.25, 0.3) is 0 Å². The van der Waals surface area contributed by atoms with Crippen LogP contribution in [0.15, 0.2) is 41.7 Å². The number of carbonyl (C=O) groups excluding carboxylic acids is 2. The molecule has 104 valence electrons. The fraction of sp³-hybridized carbons (Fsp3) is 0.294. The topological polar surface area (TPSA) is 43.4 Å². The molecule has 0 unspecified atom stereocenters. The third kappa shape index (κ3) is 2.87. The average molecular weight is 270 g/mol. The van der Waals surface area contributed by atoms with Gasteiger partial charge in [0.2, 0.25) is 5.78 Å². The lowest BCUT2D eigenvalue weighted by Gasteiger charge is -2.14. The van der Waals surface area contributed by atoms with Gasteiger partial charge in [-0.1, -0.05) is 17.7 Å². The maximum Gasteiger partial charge on any atom is 0.228 e. The van der Waals surface area contributed by atoms with Gasteiger partial charge in [0.15, 0.2) is 11.5 Å². The normalized spacial score (nSPS) is 13.7. The molecule has 1 aromatic rings. The van der Waals surface area contributed by atoms with Crippen molar-refractivity contribution in [2.24, 2.45) is 0 Å². The molecule has 0 aromatic heterocycles. The zero-order valence-corrected chi connectivity index (χ0v) is 12.0. The minimum Gasteiger partial charge on any atom is -0.492 e. The number of Topliss-reactive ketones (excluding diaryl/α,β-unsaturated/α-hetero) is 1. The molecule has 0 bridgehead atoms. The maximum atomic E-state index is 12.1. The number of methoxy groups -OCH3 is 1. The Kier molecular flexibility index (Phi) is 4.18. The van der Waals surface area contributed by atoms with Crippen molar-refractivity contribution in [2.75, 3.05) is 7.11 Å². The van der Waals surface area contributed by atoms with E-state index in [0.717, 1.165) is 18.4 Å². The second-order valence-corrected chi connectivity index (χ2v) is 5.11. The second kappa shape index (κ2) is 5.87. The Labute approximate surface area is 118 Å². The lowest BCUT2D eigenvalue weighted by molar-refractivity contribution is 0.0916. The van der Waals surface area contributed by atoms with Crippen molar-refractivity contribution in [3.8, 4) is 0 Å². The van der Waals surface area contributed by atoms with E-state index in [0.29, 0.717) is 11.1 Å². The molecule has 1 aliphatic rings. The summed E-state index contributed by atoms with van der Waals surface area (Å²) in [5, 5.41) is 0. The van der Waals surface area contributed by atoms with Gasteiger partial charge in [-0.3, -0.25) is 9.59 Å². The lowest BCUT2D eigenvalue weighted by atomic mass is 9.91. The molecule has 0 N–H and O–H groups in total. The molecule has 3 nitrogen and oxygen atoms in total. The SMILES string of the molecule is COC1=CC(=O)c2cc(CCC=C(C)C)ccc2C1=O. The average Bonchev–Trinajstić information content (AvgIpc) is 2.42. The molecule has 1 aromatic carbocycles. The van der Waals surface area contributed by atoms with Crippen LogP contribution in [0.3, 0.4) is 0 Å². The summed E-state index contributed by atoms with van der Waals surface area (Å²) in [6.45, 7) is 4.12. The van der Waals surface area contributed by atoms with E-state index < -0.39 is 0 Å². The van der Waals surface area contributed by atoms with Crippen molar-refractivity contribution in [3.05, 3.63) is 58.4 Å². The van der Waals surface area contributed by atoms with Gasteiger partial charge >= 0.3 is 0 Å². The fourth-order valence-corrected chi connectivity index (χ4v) is 2.22. The molecule has 2 rings (SSSR count). The first-order valence-corrected chi connectivity index (χ1v) is 6.64. The van der Waals surface area contributed by atoms with Gasteiger partial charge in [0.05, 0.1) is 7.11 Å². The number of hydrogen-bond donors (Lipinski definition) is 0. The monoisotopic (exact) mass is 270 g/mol. The smallest absolute Gasteiger partial charge is 0.228 e. The van der Waals surface area contributed by atoms with Crippen molar-refractivity contribution in [1.82, 2.24) is 0 Å². The summed E-state index contributed by atoms with van der Waals surface area (Å²) < 4.78 is 4.94. The van der Waals surface area contributed by atoms with Gasteiger partial charge in [-0.25, -0.2) is 0 Å². The highest BCUT2D eigenvalue weighted by Gasteiger charge is 2.26. The molecular weight excluding hydrogens is 252 g/mol. The van der Waals surface area contributed by atoms with Crippen molar-refractivity contribution < 1.29 is 14.3 Å². The molecule has 20 heavy (non-hydrogen) atoms. The predicted molar refractivity (Wildman–Crippen MR) is 77.9 cm³/mol. The van der Waals surface area contributed by atoms with Gasteiger partial charge in [0.25, 0.3) is 0 Å². The number of fused-ring (bicyclic) bond motifs is 1. The van der Waals surface area contributed by atoms with Crippen LogP contribution in [0, 0.1) is 0 Å². The number of aryl methyl sites for hydroxylation is 1. The van der Waals surface area contributed by atoms with Crippen LogP contribution in [0.4, 0.5) is 0 Å². The molecule has 0 saturated carbocycles. The standard InChI is InChI=1S/C17H18O3/c1-11(2)5-4-6-12-7-8-13-14(9-12)15(18)10-16(20-3)17(13)19/h5,7-10H,4,6H2,1-3H3. The molecule has 0 atom stereocenters. The van der Waals surface area contributed by atoms with Crippen LogP contribution in [-0.4, -0.2) is 18.7 Å². The van der Waals surface area contributed by atoms with E-state index in [2.05, 4.69) is 19.9 Å². The Bertz CT molecular complexity index is 617. The summed E-state index contributed by atoms with van der Waals surface area (Å²) in [7, 11) is 1.40. The van der Waals surface area contributed by atoms with Gasteiger partial charge < -0.3 is 4.74 Å². The Hall–Kier alpha value is -2.16. The molecular formula is C17H18O3. The van der Waals surface area contributed by atoms with E-state index in [9.17, 15) is 9.59 Å². The van der Waals surface area contributed by atoms with Crippen molar-refractivity contribution in [3.63, 3.8) is 0 Å². The van der Waals surface area contributed by atoms with Gasteiger partial charge in [-0.05, 0) is 44.4 Å². The van der Waals surface area contributed by atoms with Crippen LogP contribution in [0.2, 0.25) is 0 Å². The number of hydrogen-bond acceptors (Lipinski definition) is 3. The largest absolute Gasteiger partial charge is 0.492 e. The second-order valence-electron chi connectivity index (χ2n) is 5.11. The Morgan fingerprint density at radius 3 is 2.60 bits per heavy atom. The Balaban J connectivity index is 2.27. The first-order chi connectivity index (χ1) is 9.52. The first kappa shape index (κ1) is 14.3. The summed E-state index contributed by atoms with van der Waals surface area (Å²) in [5.74, 6) is -0.279. The third-order valence-electron chi connectivity index (χ3n) is 3.29. The number of allylic oxidation sites excluding steroid dienone is 4. The van der Waals surface area contributed by atoms with Crippen LogP contribution >= 0.6 is 0 Å². The van der Waals surface area contributed by atoms with E-state index in [1.807, 2.05) is 12.1 Å². The molecule has 0 amide bonds. The van der Waals surface area contributed by atoms with E-state index in [1.165, 1.54) is 18.8 Å². The molecule has 1 aliphatic carbocycles. The minimum absolute atomic E-state index is 0.111. The van der Waals surface area contributed by atoms with E-state index >= 15 is 0 Å². The van der Waals surface area contributed by atoms with E-state index in [1.54, 1.807) is 6.07 Å². The summed E-state index contributed by atoms with van der Waals surface area (Å²) in [5.41, 5.74) is 3.25. The molecule has 0 saturated heterocycles. The van der Waals surface area contributed by atoms with Gasteiger partial charge in [-0.15, -0.1) is 0 Å². The number of rotatable bonds is 4. The summed E-state index contributed by atoms with van der Waals surface area (Å²) in [6.07, 6.45) is 5.23. The number of ketones is 2. The molecule has 0 aliphatic heterocycles. The number of ether oxygens (including phenoxy) is 1. The van der Waals surface area contributed by atoms with Crippen molar-refractivity contribution in [1.29, 1.82) is 0 Å². The number of benzene rings is 1. The Morgan fingerprint density at radius 1 is 1.20 bits per heavy atom. The van der Waals surface area contributed by atoms with Crippen molar-refractivity contribution >= 4 is 11.6 Å². The van der Waals surface area contributed by atoms with Crippen LogP contribution in [0.5, 0.6) is 0 Å². The quantitative estimate of drug-likeness (QED) is 0.786. The predicted octanol–water partition coefficient (Wildman–Crippen LogP) is 3.49. The minimum atomic E-state index is -0.224. The van der Waals surface area contributed by atoms with Gasteiger partial charge in [0.1, 0.15) is 0 Å². The molecule has 0 fully saturated rings. The zero-order valence-electron chi connectivity index (χ0n) is 12.0. The van der Waals surface area contributed by atoms with Crippen LogP contribution in [-0.2, 0) is 11.2 Å². The highest BCUT2D eigenvalue weighted by atomic mass is 16.5. The molecule has 0 heterocycles. The van der Waals surface area contributed by atoms with Crippen molar-refractivity contribution in [2.45, 2.75) is 26.7 Å². The maximum absolute atomic E-state index is 12.1. The van der Waals surface area contributed by atoms with E-state index in [-0.39, 0.29) is 17.3 Å². The molecule has 0 spiro atoms. The molecule has 0 radical (unpaired) electrons. The number of carbonyl (C=O) groups is 2. The van der Waals surface area contributed by atoms with Crippen LogP contribution < -0.4 is 0 Å².